The second-order valence-corrected chi connectivity index (χ2v) is 12.0. The van der Waals surface area contributed by atoms with Crippen LogP contribution in [-0.2, 0) is 4.74 Å². The normalized spacial score (nSPS) is 37.9. The van der Waals surface area contributed by atoms with Crippen molar-refractivity contribution >= 4 is 0 Å². The summed E-state index contributed by atoms with van der Waals surface area (Å²) < 4.78 is 5.45. The van der Waals surface area contributed by atoms with Gasteiger partial charge in [0.05, 0.1) is 24.9 Å². The number of ether oxygens (including phenoxy) is 1. The summed E-state index contributed by atoms with van der Waals surface area (Å²) >= 11 is 0. The molecule has 7 atom stereocenters. The van der Waals surface area contributed by atoms with Crippen molar-refractivity contribution in [3.63, 3.8) is 0 Å². The monoisotopic (exact) mass is 476 g/mol. The van der Waals surface area contributed by atoms with Gasteiger partial charge in [-0.1, -0.05) is 51.0 Å². The number of aliphatic hydroxyl groups is 4. The first-order valence-electron chi connectivity index (χ1n) is 13.4. The van der Waals surface area contributed by atoms with Crippen LogP contribution in [0.4, 0.5) is 0 Å². The van der Waals surface area contributed by atoms with Crippen LogP contribution in [0.15, 0.2) is 35.5 Å². The van der Waals surface area contributed by atoms with Gasteiger partial charge in [-0.25, -0.2) is 0 Å². The van der Waals surface area contributed by atoms with Crippen molar-refractivity contribution in [2.45, 2.75) is 109 Å². The van der Waals surface area contributed by atoms with Gasteiger partial charge in [-0.2, -0.15) is 0 Å². The van der Waals surface area contributed by atoms with Gasteiger partial charge in [0.25, 0.3) is 0 Å². The van der Waals surface area contributed by atoms with Gasteiger partial charge < -0.3 is 25.2 Å². The molecule has 0 aromatic rings. The molecule has 3 aliphatic carbocycles. The molecule has 0 aromatic heterocycles. The number of fused-ring (bicyclic) bond motifs is 1. The number of hydrogen-bond donors (Lipinski definition) is 4. The van der Waals surface area contributed by atoms with Crippen LogP contribution < -0.4 is 0 Å². The maximum atomic E-state index is 10.6. The predicted octanol–water partition coefficient (Wildman–Crippen LogP) is 4.69. The van der Waals surface area contributed by atoms with E-state index in [0.29, 0.717) is 35.2 Å². The fourth-order valence-corrected chi connectivity index (χ4v) is 7.12. The molecular weight excluding hydrogens is 428 g/mol. The Morgan fingerprint density at radius 1 is 1.24 bits per heavy atom. The Hall–Kier alpha value is -0.980. The Morgan fingerprint density at radius 2 is 1.97 bits per heavy atom. The molecule has 3 saturated carbocycles. The third kappa shape index (κ3) is 6.22. The van der Waals surface area contributed by atoms with Crippen molar-refractivity contribution in [1.82, 2.24) is 0 Å². The lowest BCUT2D eigenvalue weighted by Gasteiger charge is -2.44. The van der Waals surface area contributed by atoms with Gasteiger partial charge in [0, 0.05) is 6.42 Å². The van der Waals surface area contributed by atoms with E-state index in [-0.39, 0.29) is 13.2 Å². The number of allylic oxidation sites excluding steroid dienone is 3. The fourth-order valence-electron chi connectivity index (χ4n) is 7.12. The molecule has 194 valence electrons. The molecule has 5 nitrogen and oxygen atoms in total. The lowest BCUT2D eigenvalue weighted by atomic mass is 9.60. The molecule has 3 aliphatic rings. The van der Waals surface area contributed by atoms with Crippen molar-refractivity contribution in [2.24, 2.45) is 23.2 Å². The van der Waals surface area contributed by atoms with Crippen LogP contribution in [0.5, 0.6) is 0 Å². The lowest BCUT2D eigenvalue weighted by molar-refractivity contribution is -0.101. The molecule has 4 N–H and O–H groups in total. The summed E-state index contributed by atoms with van der Waals surface area (Å²) in [7, 11) is 0. The van der Waals surface area contributed by atoms with Crippen molar-refractivity contribution in [3.05, 3.63) is 35.5 Å². The molecule has 0 aromatic carbocycles. The lowest BCUT2D eigenvalue weighted by Crippen LogP contribution is -2.45. The van der Waals surface area contributed by atoms with Gasteiger partial charge in [0.2, 0.25) is 0 Å². The highest BCUT2D eigenvalue weighted by Crippen LogP contribution is 2.60. The highest BCUT2D eigenvalue weighted by molar-refractivity contribution is 5.40. The molecule has 5 heteroatoms. The molecule has 0 aliphatic heterocycles. The SMILES string of the molecule is C=C1/C(=C\C=C2\CCC[C@]3(C)[C@@H]([C@H](C)CCCC(C)(C)O)CC[C@@H]23)C[C@@H](O)[C@H](OCCO)[C@@H]1O. The van der Waals surface area contributed by atoms with E-state index in [2.05, 4.69) is 32.6 Å². The van der Waals surface area contributed by atoms with E-state index in [1.165, 1.54) is 37.7 Å². The zero-order chi connectivity index (χ0) is 25.1. The highest BCUT2D eigenvalue weighted by Gasteiger charge is 2.50. The Balaban J connectivity index is 1.69. The first-order valence-corrected chi connectivity index (χ1v) is 13.4. The quantitative estimate of drug-likeness (QED) is 0.388. The minimum absolute atomic E-state index is 0.0901. The fraction of sp³-hybridized carbons (Fsp3) is 0.793. The van der Waals surface area contributed by atoms with Crippen molar-refractivity contribution in [2.75, 3.05) is 13.2 Å². The molecule has 3 fully saturated rings. The average Bonchev–Trinajstić information content (AvgIpc) is 3.12. The molecular formula is C29H48O5. The summed E-state index contributed by atoms with van der Waals surface area (Å²) in [6.45, 7) is 12.7. The predicted molar refractivity (Wildman–Crippen MR) is 136 cm³/mol. The molecule has 0 spiro atoms. The third-order valence-corrected chi connectivity index (χ3v) is 8.96. The summed E-state index contributed by atoms with van der Waals surface area (Å²) in [5, 5.41) is 40.2. The number of hydrogen-bond acceptors (Lipinski definition) is 5. The summed E-state index contributed by atoms with van der Waals surface area (Å²) in [4.78, 5) is 0. The minimum Gasteiger partial charge on any atom is -0.394 e. The van der Waals surface area contributed by atoms with Crippen LogP contribution in [-0.4, -0.2) is 57.6 Å². The van der Waals surface area contributed by atoms with Crippen LogP contribution in [0, 0.1) is 23.2 Å². The van der Waals surface area contributed by atoms with E-state index in [1.54, 1.807) is 0 Å². The summed E-state index contributed by atoms with van der Waals surface area (Å²) in [6.07, 6.45) is 11.4. The molecule has 3 rings (SSSR count). The van der Waals surface area contributed by atoms with E-state index in [0.717, 1.165) is 24.8 Å². The summed E-state index contributed by atoms with van der Waals surface area (Å²) in [5.41, 5.74) is 2.74. The summed E-state index contributed by atoms with van der Waals surface area (Å²) in [5.74, 6) is 1.97. The Morgan fingerprint density at radius 3 is 2.65 bits per heavy atom. The van der Waals surface area contributed by atoms with Gasteiger partial charge >= 0.3 is 0 Å². The van der Waals surface area contributed by atoms with Crippen LogP contribution in [0.1, 0.15) is 85.5 Å². The van der Waals surface area contributed by atoms with Crippen molar-refractivity contribution in [1.29, 1.82) is 0 Å². The number of rotatable bonds is 9. The standard InChI is InChI=1S/C29H48O5/c1-19(8-6-14-28(3,4)33)23-12-13-24-21(9-7-15-29(23,24)5)10-11-22-18-25(31)27(34-17-16-30)26(32)20(22)2/h10-11,19,23-27,30-33H,2,6-9,12-18H2,1,3-5H3/b21-10-,22-11-/t19-,23-,24+,25-,26-,27+,29-/m1/s1. The number of aliphatic hydroxyl groups excluding tert-OH is 3. The van der Waals surface area contributed by atoms with Gasteiger partial charge in [0.1, 0.15) is 12.2 Å². The highest BCUT2D eigenvalue weighted by atomic mass is 16.5. The molecule has 0 radical (unpaired) electrons. The van der Waals surface area contributed by atoms with Gasteiger partial charge in [-0.05, 0) is 86.7 Å². The van der Waals surface area contributed by atoms with E-state index in [4.69, 9.17) is 9.84 Å². The zero-order valence-corrected chi connectivity index (χ0v) is 21.8. The van der Waals surface area contributed by atoms with E-state index in [9.17, 15) is 15.3 Å². The van der Waals surface area contributed by atoms with Crippen molar-refractivity contribution < 1.29 is 25.2 Å². The molecule has 0 amide bonds. The second kappa shape index (κ2) is 11.4. The zero-order valence-electron chi connectivity index (χ0n) is 21.8. The maximum Gasteiger partial charge on any atom is 0.114 e. The van der Waals surface area contributed by atoms with Crippen LogP contribution in [0.25, 0.3) is 0 Å². The molecule has 34 heavy (non-hydrogen) atoms. The smallest absolute Gasteiger partial charge is 0.114 e. The van der Waals surface area contributed by atoms with Crippen LogP contribution in [0.2, 0.25) is 0 Å². The molecule has 0 bridgehead atoms. The minimum atomic E-state index is -0.961. The maximum absolute atomic E-state index is 10.6. The van der Waals surface area contributed by atoms with E-state index >= 15 is 0 Å². The first-order chi connectivity index (χ1) is 16.0. The van der Waals surface area contributed by atoms with E-state index < -0.39 is 23.9 Å². The van der Waals surface area contributed by atoms with Gasteiger partial charge in [-0.3, -0.25) is 0 Å². The van der Waals surface area contributed by atoms with Crippen LogP contribution >= 0.6 is 0 Å². The molecule has 0 unspecified atom stereocenters. The van der Waals surface area contributed by atoms with Gasteiger partial charge in [0.15, 0.2) is 0 Å². The van der Waals surface area contributed by atoms with Gasteiger partial charge in [-0.15, -0.1) is 0 Å². The Kier molecular flexibility index (Phi) is 9.24. The van der Waals surface area contributed by atoms with Crippen molar-refractivity contribution in [3.8, 4) is 0 Å². The first kappa shape index (κ1) is 27.6. The van der Waals surface area contributed by atoms with Crippen LogP contribution in [0.3, 0.4) is 0 Å². The third-order valence-electron chi connectivity index (χ3n) is 8.96. The molecule has 0 heterocycles. The Bertz CT molecular complexity index is 763. The Labute approximate surface area is 206 Å². The molecule has 0 saturated heterocycles. The van der Waals surface area contributed by atoms with E-state index in [1.807, 2.05) is 13.8 Å². The topological polar surface area (TPSA) is 90.2 Å². The average molecular weight is 477 g/mol. The second-order valence-electron chi connectivity index (χ2n) is 12.0. The summed E-state index contributed by atoms with van der Waals surface area (Å²) in [6, 6.07) is 0. The largest absolute Gasteiger partial charge is 0.394 e.